The molecule has 4 N–H and O–H groups in total. The Kier molecular flexibility index (Phi) is 33.2. The number of methoxy groups -OCH3 is 4. The Balaban J connectivity index is 0.000000149. The molecule has 0 aromatic heterocycles. The van der Waals surface area contributed by atoms with E-state index in [-0.39, 0.29) is 109 Å². The molecule has 4 unspecified atom stereocenters. The molecule has 706 valence electrons. The van der Waals surface area contributed by atoms with Gasteiger partial charge in [-0.25, -0.2) is 22.0 Å². The van der Waals surface area contributed by atoms with Crippen LogP contribution in [0.4, 0.5) is 67.5 Å². The summed E-state index contributed by atoms with van der Waals surface area (Å²) in [5, 5.41) is 36.9. The van der Waals surface area contributed by atoms with Crippen molar-refractivity contribution >= 4 is 69.4 Å². The minimum atomic E-state index is -0.848. The maximum Gasteiger partial charge on any atom is 0.305 e. The number of benzene rings is 8. The lowest BCUT2D eigenvalue weighted by Crippen LogP contribution is -2.44. The van der Waals surface area contributed by atoms with Gasteiger partial charge in [0.25, 0.3) is 0 Å². The number of piperidine rings is 4. The van der Waals surface area contributed by atoms with Crippen LogP contribution in [-0.2, 0) is 25.6 Å². The topological polar surface area (TPSA) is 240 Å². The summed E-state index contributed by atoms with van der Waals surface area (Å²) in [5.74, 6) is 2.26. The van der Waals surface area contributed by atoms with Crippen molar-refractivity contribution in [2.75, 3.05) is 133 Å². The van der Waals surface area contributed by atoms with Gasteiger partial charge in [-0.1, -0.05) is 39.8 Å². The molecule has 8 heterocycles. The largest absolute Gasteiger partial charge is 0.497 e. The Hall–Kier alpha value is -11.7. The van der Waals surface area contributed by atoms with Crippen molar-refractivity contribution in [3.8, 4) is 40.2 Å². The van der Waals surface area contributed by atoms with E-state index in [1.54, 1.807) is 89.1 Å². The summed E-state index contributed by atoms with van der Waals surface area (Å²) >= 11 is 0. The molecular weight excluding hydrogens is 1680 g/mol. The first kappa shape index (κ1) is 96.8. The highest BCUT2D eigenvalue weighted by Crippen LogP contribution is 2.42. The normalized spacial score (nSPS) is 23.4. The summed E-state index contributed by atoms with van der Waals surface area (Å²) in [4.78, 5) is 61.7. The first-order valence-corrected chi connectivity index (χ1v) is 46.3. The molecule has 131 heavy (non-hydrogen) atoms. The molecule has 8 saturated heterocycles. The Morgan fingerprint density at radius 1 is 0.313 bits per heavy atom. The average Bonchev–Trinajstić information content (AvgIpc) is 1.70. The van der Waals surface area contributed by atoms with Gasteiger partial charge in [-0.3, -0.25) is 19.2 Å². The molecule has 28 heteroatoms. The third-order valence-electron chi connectivity index (χ3n) is 27.0. The standard InChI is InChI=1S/2C26H33FN2O4.C26H33FN2O3.C25H30F2N2O4/c2*1-17-12-20(14-26(30)31)29(16-17)19-4-6-21(7-5-19)33-23-10-11-28(18(2)13-23)25-15-22(32-3)8-9-24(25)27;1-18-13-22(15-26(30)31)29(17-18)21-5-3-19(4-6-21)14-20-9-11-28(12-10-20)25-16-23(32-2)7-8-24(25)27;1-16-11-18(13-25(30)31)29(15-16)17-3-6-24(22(27)12-17)33-19-7-9-28(10-8-19)23-14-20(32-2)4-5-21(23)26/h2*4-9,15,17-18,20,23H,10-14,16H2,1-3H3,(H,30,31);3-8,16,18,20,22H,9-15,17H2,1-2H3,(H,30,31);3-6,12,14,16,18-19H,7-11,13,15H2,1-2H3,(H,30,31)/t2*17-,18?,20-,23?;18-,22-;16-,18-/m1111/s1. The summed E-state index contributed by atoms with van der Waals surface area (Å²) in [6, 6.07) is 49.0. The molecule has 8 aliphatic rings. The number of hydrogen-bond acceptors (Lipinski definition) is 19. The van der Waals surface area contributed by atoms with E-state index < -0.39 is 29.7 Å². The second kappa shape index (κ2) is 44.9. The molecular formula is C103H129F5N8O15. The monoisotopic (exact) mass is 1810 g/mol. The van der Waals surface area contributed by atoms with Crippen LogP contribution in [0, 0.1) is 58.7 Å². The summed E-state index contributed by atoms with van der Waals surface area (Å²) in [6.07, 6.45) is 11.6. The molecule has 0 spiro atoms. The van der Waals surface area contributed by atoms with Crippen molar-refractivity contribution < 1.29 is 94.7 Å². The van der Waals surface area contributed by atoms with Gasteiger partial charge in [0.2, 0.25) is 0 Å². The maximum absolute atomic E-state index is 14.9. The number of hydrogen-bond donors (Lipinski definition) is 4. The summed E-state index contributed by atoms with van der Waals surface area (Å²) in [6.45, 7) is 20.4. The molecule has 12 atom stereocenters. The van der Waals surface area contributed by atoms with Crippen LogP contribution in [0.2, 0.25) is 0 Å². The Labute approximate surface area is 766 Å². The second-order valence-corrected chi connectivity index (χ2v) is 37.1. The summed E-state index contributed by atoms with van der Waals surface area (Å²) in [5.41, 5.74) is 7.44. The molecule has 0 amide bonds. The first-order chi connectivity index (χ1) is 62.9. The lowest BCUT2D eigenvalue weighted by atomic mass is 9.90. The highest BCUT2D eigenvalue weighted by atomic mass is 19.1. The van der Waals surface area contributed by atoms with Gasteiger partial charge in [0.15, 0.2) is 11.6 Å². The van der Waals surface area contributed by atoms with Crippen LogP contribution in [-0.4, -0.2) is 193 Å². The number of halogens is 5. The molecule has 8 aromatic rings. The number of ether oxygens (including phenoxy) is 7. The van der Waals surface area contributed by atoms with E-state index in [4.69, 9.17) is 33.2 Å². The maximum atomic E-state index is 14.9. The quantitative estimate of drug-likeness (QED) is 0.0333. The summed E-state index contributed by atoms with van der Waals surface area (Å²) in [7, 11) is 6.32. The number of carboxylic acid groups (broad SMARTS) is 4. The number of anilines is 8. The molecule has 0 saturated carbocycles. The van der Waals surface area contributed by atoms with Crippen LogP contribution in [0.25, 0.3) is 0 Å². The Morgan fingerprint density at radius 3 is 0.939 bits per heavy atom. The van der Waals surface area contributed by atoms with Gasteiger partial charge in [-0.05, 0) is 215 Å². The van der Waals surface area contributed by atoms with Crippen molar-refractivity contribution in [2.24, 2.45) is 29.6 Å². The van der Waals surface area contributed by atoms with Crippen molar-refractivity contribution in [1.82, 2.24) is 0 Å². The molecule has 8 aromatic carbocycles. The van der Waals surface area contributed by atoms with E-state index in [0.29, 0.717) is 127 Å². The van der Waals surface area contributed by atoms with Crippen LogP contribution in [0.1, 0.15) is 150 Å². The fourth-order valence-electron chi connectivity index (χ4n) is 20.6. The number of carboxylic acids is 4. The number of nitrogens with zero attached hydrogens (tertiary/aromatic N) is 8. The zero-order valence-corrected chi connectivity index (χ0v) is 77.0. The van der Waals surface area contributed by atoms with E-state index in [9.17, 15) is 61.6 Å². The average molecular weight is 1810 g/mol. The molecule has 0 aliphatic carbocycles. The van der Waals surface area contributed by atoms with Crippen LogP contribution >= 0.6 is 0 Å². The summed E-state index contributed by atoms with van der Waals surface area (Å²) < 4.78 is 112. The van der Waals surface area contributed by atoms with Crippen molar-refractivity contribution in [3.63, 3.8) is 0 Å². The fraction of sp³-hybridized carbons (Fsp3) is 0.495. The zero-order valence-electron chi connectivity index (χ0n) is 77.0. The third-order valence-corrected chi connectivity index (χ3v) is 27.0. The molecule has 23 nitrogen and oxygen atoms in total. The molecule has 0 radical (unpaired) electrons. The molecule has 8 aliphatic heterocycles. The van der Waals surface area contributed by atoms with Crippen LogP contribution < -0.4 is 72.4 Å². The fourth-order valence-corrected chi connectivity index (χ4v) is 20.6. The highest BCUT2D eigenvalue weighted by Gasteiger charge is 2.38. The lowest BCUT2D eigenvalue weighted by Gasteiger charge is -2.39. The number of carbonyl (C=O) groups is 4. The Morgan fingerprint density at radius 2 is 0.611 bits per heavy atom. The van der Waals surface area contributed by atoms with Gasteiger partial charge in [-0.15, -0.1) is 0 Å². The third kappa shape index (κ3) is 25.7. The van der Waals surface area contributed by atoms with Crippen molar-refractivity contribution in [3.05, 3.63) is 198 Å². The van der Waals surface area contributed by atoms with Gasteiger partial charge < -0.3 is 92.8 Å². The van der Waals surface area contributed by atoms with E-state index >= 15 is 0 Å². The predicted molar refractivity (Wildman–Crippen MR) is 502 cm³/mol. The van der Waals surface area contributed by atoms with Crippen LogP contribution in [0.3, 0.4) is 0 Å². The van der Waals surface area contributed by atoms with Gasteiger partial charge in [0, 0.05) is 193 Å². The van der Waals surface area contributed by atoms with Crippen LogP contribution in [0.15, 0.2) is 164 Å². The first-order valence-electron chi connectivity index (χ1n) is 46.3. The van der Waals surface area contributed by atoms with E-state index in [0.717, 1.165) is 132 Å². The lowest BCUT2D eigenvalue weighted by molar-refractivity contribution is -0.138. The number of aliphatic carboxylic acids is 4. The van der Waals surface area contributed by atoms with Gasteiger partial charge in [-0.2, -0.15) is 0 Å². The van der Waals surface area contributed by atoms with Gasteiger partial charge >= 0.3 is 23.9 Å². The molecule has 8 fully saturated rings. The van der Waals surface area contributed by atoms with E-state index in [2.05, 4.69) is 95.2 Å². The van der Waals surface area contributed by atoms with Crippen molar-refractivity contribution in [1.29, 1.82) is 0 Å². The zero-order chi connectivity index (χ0) is 93.3. The predicted octanol–water partition coefficient (Wildman–Crippen LogP) is 19.6. The Bertz CT molecular complexity index is 4950. The van der Waals surface area contributed by atoms with Gasteiger partial charge in [0.1, 0.15) is 76.1 Å². The van der Waals surface area contributed by atoms with E-state index in [1.807, 2.05) is 58.3 Å². The molecule has 16 rings (SSSR count). The van der Waals surface area contributed by atoms with E-state index in [1.165, 1.54) is 35.9 Å². The SMILES string of the molecule is COc1ccc(F)c(N2CCC(Cc3ccc(N4C[C@H](C)C[C@@H]4CC(=O)O)cc3)CC2)c1.COc1ccc(F)c(N2CCC(Oc3ccc(N4C[C@H](C)C[C@@H]4CC(=O)O)cc3)CC2C)c1.COc1ccc(F)c(N2CCC(Oc3ccc(N4C[C@H](C)C[C@@H]4CC(=O)O)cc3)CC2C)c1.COc1ccc(F)c(N2CCC(Oc3ccc(N4C[C@H](C)C[C@@H]4CC(=O)O)cc3F)CC2)c1. The second-order valence-electron chi connectivity index (χ2n) is 37.1. The minimum Gasteiger partial charge on any atom is -0.497 e. The van der Waals surface area contributed by atoms with Gasteiger partial charge in [0.05, 0.1) is 76.9 Å². The minimum absolute atomic E-state index is 0.0338. The van der Waals surface area contributed by atoms with Crippen molar-refractivity contribution in [2.45, 2.75) is 205 Å². The van der Waals surface area contributed by atoms with Crippen LogP contribution in [0.5, 0.6) is 40.2 Å². The highest BCUT2D eigenvalue weighted by molar-refractivity contribution is 5.71. The smallest absolute Gasteiger partial charge is 0.305 e. The number of rotatable bonds is 28. The molecule has 0 bridgehead atoms.